The fourth-order valence-electron chi connectivity index (χ4n) is 4.89. The van der Waals surface area contributed by atoms with Crippen LogP contribution in [0.15, 0.2) is 48.5 Å². The largest absolute Gasteiger partial charge is 0.481 e. The number of nitrogens with one attached hydrogen (secondary N) is 1. The Kier molecular flexibility index (Phi) is 7.40. The van der Waals surface area contributed by atoms with Gasteiger partial charge in [0.15, 0.2) is 0 Å². The van der Waals surface area contributed by atoms with E-state index >= 15 is 0 Å². The fraction of sp³-hybridized carbons (Fsp3) is 0.444. The minimum Gasteiger partial charge on any atom is -0.481 e. The Labute approximate surface area is 210 Å². The predicted molar refractivity (Wildman–Crippen MR) is 137 cm³/mol. The molecule has 0 saturated carbocycles. The topological polar surface area (TPSA) is 95.9 Å². The van der Waals surface area contributed by atoms with E-state index in [1.807, 2.05) is 45.0 Å². The predicted octanol–water partition coefficient (Wildman–Crippen LogP) is 4.36. The molecule has 1 heterocycles. The number of amides is 2. The highest BCUT2D eigenvalue weighted by Crippen LogP contribution is 2.44. The Morgan fingerprint density at radius 1 is 1.09 bits per heavy atom. The lowest BCUT2D eigenvalue weighted by atomic mass is 9.85. The molecule has 0 bridgehead atoms. The Morgan fingerprint density at radius 3 is 2.26 bits per heavy atom. The van der Waals surface area contributed by atoms with Crippen molar-refractivity contribution in [1.82, 2.24) is 10.2 Å². The van der Waals surface area contributed by atoms with E-state index in [0.717, 1.165) is 28.0 Å². The van der Waals surface area contributed by atoms with Crippen LogP contribution in [0.25, 0.3) is 11.1 Å². The van der Waals surface area contributed by atoms with E-state index in [2.05, 4.69) is 29.6 Å². The molecule has 0 radical (unpaired) electrons. The maximum atomic E-state index is 13.5. The van der Waals surface area contributed by atoms with Crippen LogP contribution in [0.1, 0.15) is 44.2 Å². The molecule has 2 N–H and O–H groups in total. The summed E-state index contributed by atoms with van der Waals surface area (Å²) < 4.78 is 5.68. The molecule has 8 heteroatoms. The summed E-state index contributed by atoms with van der Waals surface area (Å²) in [7, 11) is 0. The number of hydrogen-bond donors (Lipinski definition) is 2. The Bertz CT molecular complexity index is 1070. The van der Waals surface area contributed by atoms with Crippen LogP contribution in [0.4, 0.5) is 4.79 Å². The number of rotatable bonds is 6. The van der Waals surface area contributed by atoms with Crippen LogP contribution in [-0.4, -0.2) is 64.7 Å². The number of fused-ring (bicyclic) bond motifs is 3. The molecule has 0 spiro atoms. The molecule has 1 aliphatic heterocycles. The van der Waals surface area contributed by atoms with Crippen molar-refractivity contribution in [3.05, 3.63) is 59.7 Å². The number of benzene rings is 2. The van der Waals surface area contributed by atoms with Gasteiger partial charge in [-0.25, -0.2) is 4.79 Å². The summed E-state index contributed by atoms with van der Waals surface area (Å²) in [6.07, 6.45) is -0.762. The van der Waals surface area contributed by atoms with Crippen molar-refractivity contribution in [2.24, 2.45) is 5.41 Å². The van der Waals surface area contributed by atoms with Gasteiger partial charge in [0.05, 0.1) is 12.5 Å². The first-order valence-corrected chi connectivity index (χ1v) is 13.0. The zero-order chi connectivity index (χ0) is 25.2. The molecule has 2 aliphatic rings. The summed E-state index contributed by atoms with van der Waals surface area (Å²) in [4.78, 5) is 39.4. The molecule has 1 saturated heterocycles. The van der Waals surface area contributed by atoms with Crippen LogP contribution in [-0.2, 0) is 14.3 Å². The Hall–Kier alpha value is -3.00. The molecule has 1 aliphatic carbocycles. The van der Waals surface area contributed by atoms with E-state index in [1.54, 1.807) is 16.7 Å². The third kappa shape index (κ3) is 5.48. The summed E-state index contributed by atoms with van der Waals surface area (Å²) in [6.45, 7) is 6.26. The van der Waals surface area contributed by atoms with Gasteiger partial charge in [-0.15, -0.1) is 0 Å². The fourth-order valence-corrected chi connectivity index (χ4v) is 5.95. The summed E-state index contributed by atoms with van der Waals surface area (Å²) in [6, 6.07) is 15.0. The minimum absolute atomic E-state index is 0.0731. The molecule has 1 unspecified atom stereocenters. The standard InChI is InChI=1S/C27H32N2O5S/c1-27(2,3)24(25(32)29-12-13-35-16-17(29)14-23(30)31)28-26(33)34-15-22-20-10-6-4-8-18(20)19-9-5-7-11-21(19)22/h4-11,17,22,24H,12-16H2,1-3H3,(H,28,33)(H,30,31)/t17?,24-/m1/s1. The van der Waals surface area contributed by atoms with E-state index in [9.17, 15) is 19.5 Å². The molecule has 1 fully saturated rings. The molecule has 35 heavy (non-hydrogen) atoms. The molecular weight excluding hydrogens is 464 g/mol. The van der Waals surface area contributed by atoms with Crippen molar-refractivity contribution in [3.63, 3.8) is 0 Å². The molecule has 2 atom stereocenters. The first-order valence-electron chi connectivity index (χ1n) is 11.9. The van der Waals surface area contributed by atoms with Gasteiger partial charge in [-0.2, -0.15) is 11.8 Å². The Balaban J connectivity index is 1.46. The highest BCUT2D eigenvalue weighted by atomic mass is 32.2. The van der Waals surface area contributed by atoms with Gasteiger partial charge in [0, 0.05) is 24.0 Å². The van der Waals surface area contributed by atoms with Crippen molar-refractivity contribution in [1.29, 1.82) is 0 Å². The summed E-state index contributed by atoms with van der Waals surface area (Å²) in [5.41, 5.74) is 3.94. The van der Waals surface area contributed by atoms with E-state index in [1.165, 1.54) is 0 Å². The number of carboxylic acid groups (broad SMARTS) is 1. The lowest BCUT2D eigenvalue weighted by Gasteiger charge is -2.40. The quantitative estimate of drug-likeness (QED) is 0.617. The third-order valence-electron chi connectivity index (χ3n) is 6.64. The molecule has 186 valence electrons. The Morgan fingerprint density at radius 2 is 1.69 bits per heavy atom. The van der Waals surface area contributed by atoms with E-state index in [0.29, 0.717) is 12.3 Å². The smallest absolute Gasteiger partial charge is 0.407 e. The van der Waals surface area contributed by atoms with Gasteiger partial charge in [0.2, 0.25) is 5.91 Å². The van der Waals surface area contributed by atoms with Crippen LogP contribution in [0, 0.1) is 5.41 Å². The summed E-state index contributed by atoms with van der Waals surface area (Å²) >= 11 is 1.64. The van der Waals surface area contributed by atoms with Crippen molar-refractivity contribution in [2.75, 3.05) is 24.7 Å². The molecule has 0 aromatic heterocycles. The van der Waals surface area contributed by atoms with E-state index < -0.39 is 29.6 Å². The van der Waals surface area contributed by atoms with Gasteiger partial charge in [0.1, 0.15) is 12.6 Å². The lowest BCUT2D eigenvalue weighted by Crippen LogP contribution is -2.59. The lowest BCUT2D eigenvalue weighted by molar-refractivity contribution is -0.142. The van der Waals surface area contributed by atoms with Crippen LogP contribution >= 0.6 is 11.8 Å². The number of aliphatic carboxylic acids is 1. The van der Waals surface area contributed by atoms with Crippen molar-refractivity contribution < 1.29 is 24.2 Å². The van der Waals surface area contributed by atoms with Crippen LogP contribution in [0.3, 0.4) is 0 Å². The maximum absolute atomic E-state index is 13.5. The average molecular weight is 497 g/mol. The molecule has 4 rings (SSSR count). The first kappa shape index (κ1) is 25.1. The highest BCUT2D eigenvalue weighted by molar-refractivity contribution is 7.99. The van der Waals surface area contributed by atoms with Crippen molar-refractivity contribution in [2.45, 2.75) is 45.2 Å². The summed E-state index contributed by atoms with van der Waals surface area (Å²) in [5.74, 6) is 0.0319. The highest BCUT2D eigenvalue weighted by Gasteiger charge is 2.40. The zero-order valence-electron chi connectivity index (χ0n) is 20.3. The number of carboxylic acids is 1. The van der Waals surface area contributed by atoms with Gasteiger partial charge in [0.25, 0.3) is 0 Å². The number of carbonyl (C=O) groups excluding carboxylic acids is 2. The third-order valence-corrected chi connectivity index (χ3v) is 7.73. The summed E-state index contributed by atoms with van der Waals surface area (Å²) in [5, 5.41) is 12.1. The molecule has 2 amide bonds. The monoisotopic (exact) mass is 496 g/mol. The molecule has 2 aromatic rings. The van der Waals surface area contributed by atoms with E-state index in [4.69, 9.17) is 4.74 Å². The number of nitrogens with zero attached hydrogens (tertiary/aromatic N) is 1. The van der Waals surface area contributed by atoms with Crippen LogP contribution in [0.5, 0.6) is 0 Å². The second kappa shape index (κ2) is 10.3. The number of ether oxygens (including phenoxy) is 1. The number of hydrogen-bond acceptors (Lipinski definition) is 5. The van der Waals surface area contributed by atoms with Gasteiger partial charge < -0.3 is 20.1 Å². The number of carbonyl (C=O) groups is 3. The van der Waals surface area contributed by atoms with Crippen molar-refractivity contribution in [3.8, 4) is 11.1 Å². The second-order valence-electron chi connectivity index (χ2n) is 10.1. The molecule has 2 aromatic carbocycles. The maximum Gasteiger partial charge on any atom is 0.407 e. The van der Waals surface area contributed by atoms with Gasteiger partial charge in [-0.05, 0) is 27.7 Å². The zero-order valence-corrected chi connectivity index (χ0v) is 21.1. The van der Waals surface area contributed by atoms with Crippen LogP contribution in [0.2, 0.25) is 0 Å². The van der Waals surface area contributed by atoms with Gasteiger partial charge in [-0.3, -0.25) is 9.59 Å². The molecular formula is C27H32N2O5S. The first-order chi connectivity index (χ1) is 16.7. The second-order valence-corrected chi connectivity index (χ2v) is 11.3. The van der Waals surface area contributed by atoms with Gasteiger partial charge in [-0.1, -0.05) is 69.3 Å². The van der Waals surface area contributed by atoms with Crippen LogP contribution < -0.4 is 5.32 Å². The number of thioether (sulfide) groups is 1. The normalized spacial score (nSPS) is 18.4. The average Bonchev–Trinajstić information content (AvgIpc) is 3.14. The van der Waals surface area contributed by atoms with Gasteiger partial charge >= 0.3 is 12.1 Å². The molecule has 7 nitrogen and oxygen atoms in total. The number of alkyl carbamates (subject to hydrolysis) is 1. The van der Waals surface area contributed by atoms with Crippen molar-refractivity contribution >= 4 is 29.7 Å². The SMILES string of the molecule is CC(C)(C)[C@H](NC(=O)OCC1c2ccccc2-c2ccccc21)C(=O)N1CCSCC1CC(=O)O. The van der Waals surface area contributed by atoms with E-state index in [-0.39, 0.29) is 24.9 Å². The minimum atomic E-state index is -0.938.